The van der Waals surface area contributed by atoms with Crippen LogP contribution < -0.4 is 16.2 Å². The quantitative estimate of drug-likeness (QED) is 0.674. The molecule has 7 nitrogen and oxygen atoms in total. The number of nitrogens with one attached hydrogen (secondary N) is 2. The minimum absolute atomic E-state index is 0.0629. The van der Waals surface area contributed by atoms with Gasteiger partial charge in [0.15, 0.2) is 0 Å². The summed E-state index contributed by atoms with van der Waals surface area (Å²) in [4.78, 5) is 25.4. The summed E-state index contributed by atoms with van der Waals surface area (Å²) in [5, 5.41) is 6.96. The Morgan fingerprint density at radius 3 is 2.34 bits per heavy atom. The van der Waals surface area contributed by atoms with E-state index in [4.69, 9.17) is 0 Å². The van der Waals surface area contributed by atoms with Gasteiger partial charge < -0.3 is 10.6 Å². The molecule has 3 aromatic heterocycles. The Morgan fingerprint density at radius 1 is 0.862 bits per heavy atom. The number of nitrogens with zero attached hydrogens (tertiary/aromatic N) is 4. The zero-order chi connectivity index (χ0) is 19.6. The molecule has 0 radical (unpaired) electrons. The summed E-state index contributed by atoms with van der Waals surface area (Å²) >= 11 is 0. The number of hydrogen-bond donors (Lipinski definition) is 2. The van der Waals surface area contributed by atoms with Gasteiger partial charge >= 0.3 is 0 Å². The summed E-state index contributed by atoms with van der Waals surface area (Å²) in [7, 11) is 0. The van der Waals surface area contributed by atoms with Crippen molar-refractivity contribution in [3.63, 3.8) is 0 Å². The summed E-state index contributed by atoms with van der Waals surface area (Å²) < 4.78 is 1.58. The van der Waals surface area contributed by atoms with Crippen molar-refractivity contribution in [3.05, 3.63) is 71.0 Å². The van der Waals surface area contributed by atoms with E-state index in [0.717, 1.165) is 36.7 Å². The molecular weight excluding hydrogens is 364 g/mol. The van der Waals surface area contributed by atoms with Crippen molar-refractivity contribution < 1.29 is 0 Å². The smallest absolute Gasteiger partial charge is 0.255 e. The highest BCUT2D eigenvalue weighted by Gasteiger charge is 2.26. The Morgan fingerprint density at radius 2 is 1.66 bits per heavy atom. The molecule has 0 aliphatic heterocycles. The van der Waals surface area contributed by atoms with Gasteiger partial charge in [0.2, 0.25) is 5.95 Å². The first kappa shape index (κ1) is 17.8. The molecule has 0 bridgehead atoms. The van der Waals surface area contributed by atoms with E-state index in [1.807, 2.05) is 30.6 Å². The van der Waals surface area contributed by atoms with Crippen LogP contribution in [0.25, 0.3) is 5.69 Å². The number of hydrogen-bond acceptors (Lipinski definition) is 6. The van der Waals surface area contributed by atoms with E-state index in [1.165, 1.54) is 18.4 Å². The molecule has 0 spiro atoms. The topological polar surface area (TPSA) is 84.7 Å². The van der Waals surface area contributed by atoms with E-state index in [1.54, 1.807) is 29.1 Å². The average Bonchev–Trinajstić information content (AvgIpc) is 3.51. The molecule has 2 saturated carbocycles. The number of rotatable bonds is 6. The number of pyridine rings is 2. The van der Waals surface area contributed by atoms with E-state index in [-0.39, 0.29) is 5.56 Å². The minimum atomic E-state index is -0.0629. The lowest BCUT2D eigenvalue weighted by Crippen LogP contribution is -2.22. The molecule has 29 heavy (non-hydrogen) atoms. The third-order valence-electron chi connectivity index (χ3n) is 5.69. The lowest BCUT2D eigenvalue weighted by molar-refractivity contribution is 0.716. The fourth-order valence-corrected chi connectivity index (χ4v) is 3.93. The van der Waals surface area contributed by atoms with Gasteiger partial charge in [0, 0.05) is 36.7 Å². The van der Waals surface area contributed by atoms with E-state index in [2.05, 4.69) is 25.6 Å². The predicted molar refractivity (Wildman–Crippen MR) is 113 cm³/mol. The zero-order valence-corrected chi connectivity index (χ0v) is 16.2. The van der Waals surface area contributed by atoms with Crippen LogP contribution in [0, 0.1) is 0 Å². The molecule has 7 heteroatoms. The van der Waals surface area contributed by atoms with Crippen LogP contribution in [-0.2, 0) is 0 Å². The Balaban J connectivity index is 1.16. The zero-order valence-electron chi connectivity index (χ0n) is 16.2. The summed E-state index contributed by atoms with van der Waals surface area (Å²) in [5.74, 6) is 2.23. The molecule has 0 aromatic carbocycles. The Hall–Kier alpha value is -3.22. The summed E-state index contributed by atoms with van der Waals surface area (Å²) in [6.07, 6.45) is 13.1. The molecule has 2 aliphatic carbocycles. The second-order valence-electron chi connectivity index (χ2n) is 7.92. The van der Waals surface area contributed by atoms with Crippen molar-refractivity contribution in [2.24, 2.45) is 0 Å². The summed E-state index contributed by atoms with van der Waals surface area (Å²) in [6, 6.07) is 9.67. The normalized spacial score (nSPS) is 21.1. The molecule has 2 aliphatic rings. The van der Waals surface area contributed by atoms with Gasteiger partial charge in [0.1, 0.15) is 5.82 Å². The molecule has 3 heterocycles. The maximum atomic E-state index is 11.9. The van der Waals surface area contributed by atoms with Gasteiger partial charge in [0.05, 0.1) is 11.9 Å². The molecule has 0 saturated heterocycles. The molecule has 148 valence electrons. The van der Waals surface area contributed by atoms with Crippen LogP contribution in [0.4, 0.5) is 11.8 Å². The van der Waals surface area contributed by atoms with Crippen LogP contribution in [0.15, 0.2) is 59.9 Å². The van der Waals surface area contributed by atoms with E-state index < -0.39 is 0 Å². The van der Waals surface area contributed by atoms with Gasteiger partial charge in [-0.1, -0.05) is 6.07 Å². The second kappa shape index (κ2) is 7.66. The van der Waals surface area contributed by atoms with E-state index in [9.17, 15) is 4.79 Å². The molecule has 0 unspecified atom stereocenters. The standard InChI is InChI=1S/C22H24N6O/c29-21-3-1-2-10-28(21)19-8-9-20(23-14-19)26-17-6-7-18(11-17)27-22-24-12-16(13-25-22)15-4-5-15/h1-3,8-10,12-15,17-18H,4-7,11H2,(H,23,26)(H,24,25,27)/t17-,18-/m0/s1. The van der Waals surface area contributed by atoms with Crippen LogP contribution in [0.3, 0.4) is 0 Å². The van der Waals surface area contributed by atoms with Gasteiger partial charge in [-0.25, -0.2) is 15.0 Å². The Kier molecular flexibility index (Phi) is 4.71. The highest BCUT2D eigenvalue weighted by Crippen LogP contribution is 2.39. The van der Waals surface area contributed by atoms with Crippen molar-refractivity contribution in [2.75, 3.05) is 10.6 Å². The van der Waals surface area contributed by atoms with Crippen molar-refractivity contribution in [3.8, 4) is 5.69 Å². The lowest BCUT2D eigenvalue weighted by atomic mass is 10.2. The van der Waals surface area contributed by atoms with E-state index >= 15 is 0 Å². The van der Waals surface area contributed by atoms with Crippen molar-refractivity contribution in [1.29, 1.82) is 0 Å². The highest BCUT2D eigenvalue weighted by atomic mass is 16.1. The largest absolute Gasteiger partial charge is 0.367 e. The monoisotopic (exact) mass is 388 g/mol. The fourth-order valence-electron chi connectivity index (χ4n) is 3.93. The summed E-state index contributed by atoms with van der Waals surface area (Å²) in [5.41, 5.74) is 1.96. The minimum Gasteiger partial charge on any atom is -0.367 e. The molecule has 0 amide bonds. The number of aromatic nitrogens is 4. The molecule has 2 N–H and O–H groups in total. The first-order valence-electron chi connectivity index (χ1n) is 10.2. The van der Waals surface area contributed by atoms with Gasteiger partial charge in [-0.15, -0.1) is 0 Å². The molecule has 2 atom stereocenters. The van der Waals surface area contributed by atoms with Crippen LogP contribution in [0.2, 0.25) is 0 Å². The second-order valence-corrected chi connectivity index (χ2v) is 7.92. The molecule has 3 aromatic rings. The van der Waals surface area contributed by atoms with E-state index in [0.29, 0.717) is 18.0 Å². The highest BCUT2D eigenvalue weighted by molar-refractivity contribution is 5.42. The molecule has 2 fully saturated rings. The summed E-state index contributed by atoms with van der Waals surface area (Å²) in [6.45, 7) is 0. The van der Waals surface area contributed by atoms with Crippen LogP contribution in [-0.4, -0.2) is 31.6 Å². The third-order valence-corrected chi connectivity index (χ3v) is 5.69. The van der Waals surface area contributed by atoms with Gasteiger partial charge in [-0.05, 0) is 61.8 Å². The average molecular weight is 388 g/mol. The maximum Gasteiger partial charge on any atom is 0.255 e. The third kappa shape index (κ3) is 4.13. The van der Waals surface area contributed by atoms with Gasteiger partial charge in [-0.2, -0.15) is 0 Å². The van der Waals surface area contributed by atoms with Crippen LogP contribution in [0.5, 0.6) is 0 Å². The lowest BCUT2D eigenvalue weighted by Gasteiger charge is -2.15. The van der Waals surface area contributed by atoms with Crippen molar-refractivity contribution in [2.45, 2.75) is 50.1 Å². The predicted octanol–water partition coefficient (Wildman–Crippen LogP) is 3.35. The van der Waals surface area contributed by atoms with Gasteiger partial charge in [-0.3, -0.25) is 9.36 Å². The Labute approximate surface area is 169 Å². The van der Waals surface area contributed by atoms with Crippen molar-refractivity contribution >= 4 is 11.8 Å². The first-order valence-corrected chi connectivity index (χ1v) is 10.2. The molecule has 5 rings (SSSR count). The molecular formula is C22H24N6O. The van der Waals surface area contributed by atoms with Gasteiger partial charge in [0.25, 0.3) is 5.56 Å². The Bertz CT molecular complexity index is 1030. The first-order chi connectivity index (χ1) is 14.2. The number of anilines is 2. The fraction of sp³-hybridized carbons (Fsp3) is 0.364. The SMILES string of the molecule is O=c1ccccn1-c1ccc(N[C@H]2CC[C@H](Nc3ncc(C4CC4)cn3)C2)nc1. The van der Waals surface area contributed by atoms with Crippen LogP contribution in [0.1, 0.15) is 43.6 Å². The van der Waals surface area contributed by atoms with Crippen molar-refractivity contribution in [1.82, 2.24) is 19.5 Å². The maximum absolute atomic E-state index is 11.9. The van der Waals surface area contributed by atoms with Crippen LogP contribution >= 0.6 is 0 Å².